The van der Waals surface area contributed by atoms with E-state index in [1.54, 1.807) is 12.1 Å². The van der Waals surface area contributed by atoms with Crippen molar-refractivity contribution >= 4 is 66.8 Å². The number of benzene rings is 1. The number of nitrogens with one attached hydrogen (secondary N) is 2. The van der Waals surface area contributed by atoms with Gasteiger partial charge < -0.3 is 10.6 Å². The number of alkyl halides is 1. The van der Waals surface area contributed by atoms with E-state index in [1.807, 2.05) is 17.5 Å². The predicted molar refractivity (Wildman–Crippen MR) is 104 cm³/mol. The van der Waals surface area contributed by atoms with Gasteiger partial charge in [-0.3, -0.25) is 0 Å². The van der Waals surface area contributed by atoms with E-state index in [0.717, 1.165) is 11.3 Å². The van der Waals surface area contributed by atoms with Crippen LogP contribution in [0.4, 0.5) is 5.13 Å². The average Bonchev–Trinajstić information content (AvgIpc) is 3.04. The van der Waals surface area contributed by atoms with Crippen LogP contribution in [0.5, 0.6) is 0 Å². The van der Waals surface area contributed by atoms with E-state index in [0.29, 0.717) is 15.3 Å². The maximum atomic E-state index is 11.6. The molecule has 2 heterocycles. The summed E-state index contributed by atoms with van der Waals surface area (Å²) in [6.45, 7) is 0. The van der Waals surface area contributed by atoms with Gasteiger partial charge in [-0.15, -0.1) is 22.9 Å². The van der Waals surface area contributed by atoms with Crippen molar-refractivity contribution in [2.75, 3.05) is 16.8 Å². The summed E-state index contributed by atoms with van der Waals surface area (Å²) in [5.41, 5.74) is 1.76. The van der Waals surface area contributed by atoms with Gasteiger partial charge in [0.2, 0.25) is 0 Å². The molecule has 0 bridgehead atoms. The second-order valence-corrected chi connectivity index (χ2v) is 9.76. The first kappa shape index (κ1) is 17.9. The zero-order valence-corrected chi connectivity index (χ0v) is 16.2. The predicted octanol–water partition coefficient (Wildman–Crippen LogP) is 3.15. The van der Waals surface area contributed by atoms with Crippen LogP contribution < -0.4 is 10.6 Å². The van der Waals surface area contributed by atoms with Crippen molar-refractivity contribution in [3.8, 4) is 11.3 Å². The molecule has 10 heteroatoms. The van der Waals surface area contributed by atoms with E-state index in [1.165, 1.54) is 11.3 Å². The van der Waals surface area contributed by atoms with Crippen LogP contribution in [-0.4, -0.2) is 41.4 Å². The summed E-state index contributed by atoms with van der Waals surface area (Å²) >= 11 is 18.5. The van der Waals surface area contributed by atoms with Crippen LogP contribution in [-0.2, 0) is 9.84 Å². The molecular formula is C14H13Cl2N3O2S3. The molecule has 0 aliphatic carbocycles. The van der Waals surface area contributed by atoms with Gasteiger partial charge in [-0.2, -0.15) is 0 Å². The number of sulfone groups is 1. The molecule has 0 saturated carbocycles. The van der Waals surface area contributed by atoms with Gasteiger partial charge >= 0.3 is 0 Å². The van der Waals surface area contributed by atoms with E-state index >= 15 is 0 Å². The summed E-state index contributed by atoms with van der Waals surface area (Å²) in [6.07, 6.45) is 0. The number of hydrogen-bond donors (Lipinski definition) is 2. The van der Waals surface area contributed by atoms with Crippen LogP contribution in [0.1, 0.15) is 0 Å². The molecule has 0 spiro atoms. The topological polar surface area (TPSA) is 71.1 Å². The second-order valence-electron chi connectivity index (χ2n) is 5.34. The van der Waals surface area contributed by atoms with E-state index in [-0.39, 0.29) is 11.5 Å². The van der Waals surface area contributed by atoms with Crippen molar-refractivity contribution in [1.29, 1.82) is 0 Å². The second kappa shape index (κ2) is 7.13. The van der Waals surface area contributed by atoms with Gasteiger partial charge in [-0.25, -0.2) is 13.4 Å². The lowest BCUT2D eigenvalue weighted by molar-refractivity contribution is 0.600. The Labute approximate surface area is 159 Å². The maximum Gasteiger partial charge on any atom is 0.189 e. The van der Waals surface area contributed by atoms with E-state index < -0.39 is 21.3 Å². The molecule has 1 aromatic heterocycles. The standard InChI is InChI=1S/C14H13Cl2N3O2S3/c15-9-3-1-8(2-4-9)11-5-23-14(18-11)19-13(22)17-12-7-24(20,21)6-10(12)16/h1-5,10,12H,6-7H2,(H2,17,18,19,22)/t10-,12-/m1/s1. The molecule has 24 heavy (non-hydrogen) atoms. The van der Waals surface area contributed by atoms with Crippen LogP contribution in [0.25, 0.3) is 11.3 Å². The minimum atomic E-state index is -3.10. The molecule has 3 rings (SSSR count). The van der Waals surface area contributed by atoms with Crippen LogP contribution >= 0.6 is 46.8 Å². The van der Waals surface area contributed by atoms with Crippen molar-refractivity contribution in [2.24, 2.45) is 0 Å². The van der Waals surface area contributed by atoms with Gasteiger partial charge in [0.15, 0.2) is 20.1 Å². The van der Waals surface area contributed by atoms with Gasteiger partial charge in [-0.05, 0) is 24.4 Å². The van der Waals surface area contributed by atoms with Crippen molar-refractivity contribution in [3.63, 3.8) is 0 Å². The number of halogens is 2. The number of aromatic nitrogens is 1. The Morgan fingerprint density at radius 1 is 1.29 bits per heavy atom. The van der Waals surface area contributed by atoms with Crippen molar-refractivity contribution in [2.45, 2.75) is 11.4 Å². The molecule has 1 aliphatic heterocycles. The third kappa shape index (κ3) is 4.37. The van der Waals surface area contributed by atoms with Crippen LogP contribution in [0, 0.1) is 0 Å². The first-order chi connectivity index (χ1) is 11.3. The third-order valence-corrected chi connectivity index (χ3v) is 7.07. The summed E-state index contributed by atoms with van der Waals surface area (Å²) in [5.74, 6) is -0.0519. The smallest absolute Gasteiger partial charge is 0.189 e. The summed E-state index contributed by atoms with van der Waals surface area (Å²) in [7, 11) is -3.10. The lowest BCUT2D eigenvalue weighted by Gasteiger charge is -2.16. The Morgan fingerprint density at radius 2 is 2.00 bits per heavy atom. The number of nitrogens with zero attached hydrogens (tertiary/aromatic N) is 1. The monoisotopic (exact) mass is 421 g/mol. The fourth-order valence-corrected chi connectivity index (χ4v) is 6.04. The Bertz CT molecular complexity index is 852. The number of thiocarbonyl (C=S) groups is 1. The van der Waals surface area contributed by atoms with Gasteiger partial charge in [0.05, 0.1) is 28.6 Å². The molecule has 2 atom stereocenters. The zero-order chi connectivity index (χ0) is 17.3. The van der Waals surface area contributed by atoms with Gasteiger partial charge in [0.1, 0.15) is 0 Å². The number of hydrogen-bond acceptors (Lipinski definition) is 5. The van der Waals surface area contributed by atoms with Gasteiger partial charge in [0, 0.05) is 16.0 Å². The molecule has 1 saturated heterocycles. The van der Waals surface area contributed by atoms with Crippen molar-refractivity contribution in [3.05, 3.63) is 34.7 Å². The molecule has 128 valence electrons. The molecule has 2 N–H and O–H groups in total. The maximum absolute atomic E-state index is 11.6. The normalized spacial score (nSPS) is 22.2. The van der Waals surface area contributed by atoms with Gasteiger partial charge in [-0.1, -0.05) is 23.7 Å². The van der Waals surface area contributed by atoms with Crippen molar-refractivity contribution in [1.82, 2.24) is 10.3 Å². The molecular weight excluding hydrogens is 409 g/mol. The third-order valence-electron chi connectivity index (χ3n) is 3.46. The average molecular weight is 422 g/mol. The zero-order valence-electron chi connectivity index (χ0n) is 12.2. The molecule has 1 fully saturated rings. The number of rotatable bonds is 3. The summed E-state index contributed by atoms with van der Waals surface area (Å²) < 4.78 is 23.1. The highest BCUT2D eigenvalue weighted by atomic mass is 35.5. The highest BCUT2D eigenvalue weighted by Gasteiger charge is 2.36. The van der Waals surface area contributed by atoms with E-state index in [2.05, 4.69) is 15.6 Å². The number of anilines is 1. The summed E-state index contributed by atoms with van der Waals surface area (Å²) in [4.78, 5) is 4.46. The van der Waals surface area contributed by atoms with Crippen molar-refractivity contribution < 1.29 is 8.42 Å². The fourth-order valence-electron chi connectivity index (χ4n) is 2.32. The molecule has 0 unspecified atom stereocenters. The van der Waals surface area contributed by atoms with Crippen LogP contribution in [0.2, 0.25) is 5.02 Å². The molecule has 0 amide bonds. The molecule has 0 radical (unpaired) electrons. The Morgan fingerprint density at radius 3 is 2.62 bits per heavy atom. The van der Waals surface area contributed by atoms with E-state index in [9.17, 15) is 8.42 Å². The highest BCUT2D eigenvalue weighted by molar-refractivity contribution is 7.91. The highest BCUT2D eigenvalue weighted by Crippen LogP contribution is 2.26. The molecule has 2 aromatic rings. The first-order valence-corrected chi connectivity index (χ1v) is 10.9. The number of thiazole rings is 1. The fraction of sp³-hybridized carbons (Fsp3) is 0.286. The summed E-state index contributed by atoms with van der Waals surface area (Å²) in [5, 5.41) is 8.91. The van der Waals surface area contributed by atoms with Crippen LogP contribution in [0.3, 0.4) is 0 Å². The Kier molecular flexibility index (Phi) is 5.31. The largest absolute Gasteiger partial charge is 0.357 e. The van der Waals surface area contributed by atoms with Crippen LogP contribution in [0.15, 0.2) is 29.6 Å². The Balaban J connectivity index is 1.62. The molecule has 1 aliphatic rings. The molecule has 5 nitrogen and oxygen atoms in total. The summed E-state index contributed by atoms with van der Waals surface area (Å²) in [6, 6.07) is 6.98. The SMILES string of the molecule is O=S1(=O)C[C@@H](Cl)[C@H](NC(=S)Nc2nc(-c3ccc(Cl)cc3)cs2)C1. The minimum Gasteiger partial charge on any atom is -0.357 e. The Hall–Kier alpha value is -0.930. The van der Waals surface area contributed by atoms with E-state index in [4.69, 9.17) is 35.4 Å². The first-order valence-electron chi connectivity index (χ1n) is 6.96. The minimum absolute atomic E-state index is 0.0170. The quantitative estimate of drug-likeness (QED) is 0.585. The van der Waals surface area contributed by atoms with Gasteiger partial charge in [0.25, 0.3) is 0 Å². The lowest BCUT2D eigenvalue weighted by Crippen LogP contribution is -2.42. The molecule has 1 aromatic carbocycles. The lowest BCUT2D eigenvalue weighted by atomic mass is 10.2.